The molecule has 0 heterocycles. The standard InChI is InChI=1S/C16H17I/c1-11(2)13-5-7-14(8-6-13)16-10-15(17)9-4-12(16)3/h4-11H,1-3H3. The lowest BCUT2D eigenvalue weighted by molar-refractivity contribution is 0.867. The number of hydrogen-bond acceptors (Lipinski definition) is 0. The molecule has 0 nitrogen and oxygen atoms in total. The molecule has 2 aromatic rings. The second-order valence-corrected chi connectivity index (χ2v) is 5.98. The van der Waals surface area contributed by atoms with Crippen molar-refractivity contribution >= 4 is 22.6 Å². The number of benzene rings is 2. The van der Waals surface area contributed by atoms with E-state index in [-0.39, 0.29) is 0 Å². The molecule has 0 bridgehead atoms. The molecular weight excluding hydrogens is 319 g/mol. The minimum Gasteiger partial charge on any atom is -0.0587 e. The molecule has 0 spiro atoms. The number of rotatable bonds is 2. The molecule has 0 aliphatic heterocycles. The zero-order valence-electron chi connectivity index (χ0n) is 10.5. The summed E-state index contributed by atoms with van der Waals surface area (Å²) in [5.74, 6) is 0.598. The van der Waals surface area contributed by atoms with Gasteiger partial charge in [0.1, 0.15) is 0 Å². The van der Waals surface area contributed by atoms with Crippen LogP contribution in [0.3, 0.4) is 0 Å². The van der Waals surface area contributed by atoms with Crippen molar-refractivity contribution in [2.45, 2.75) is 26.7 Å². The van der Waals surface area contributed by atoms with E-state index in [2.05, 4.69) is 85.8 Å². The lowest BCUT2D eigenvalue weighted by Gasteiger charge is -2.09. The Morgan fingerprint density at radius 1 is 0.941 bits per heavy atom. The van der Waals surface area contributed by atoms with Crippen molar-refractivity contribution in [2.24, 2.45) is 0 Å². The molecule has 0 N–H and O–H groups in total. The average Bonchev–Trinajstić information content (AvgIpc) is 2.32. The Bertz CT molecular complexity index is 510. The Balaban J connectivity index is 2.43. The van der Waals surface area contributed by atoms with E-state index in [9.17, 15) is 0 Å². The zero-order valence-corrected chi connectivity index (χ0v) is 12.7. The van der Waals surface area contributed by atoms with Crippen LogP contribution in [0.2, 0.25) is 0 Å². The van der Waals surface area contributed by atoms with E-state index in [1.165, 1.54) is 25.8 Å². The van der Waals surface area contributed by atoms with Crippen LogP contribution in [0.25, 0.3) is 11.1 Å². The maximum atomic E-state index is 2.37. The highest BCUT2D eigenvalue weighted by Crippen LogP contribution is 2.26. The SMILES string of the molecule is Cc1ccc(I)cc1-c1ccc(C(C)C)cc1. The number of hydrogen-bond donors (Lipinski definition) is 0. The normalized spacial score (nSPS) is 10.9. The third kappa shape index (κ3) is 2.89. The maximum absolute atomic E-state index is 2.37. The van der Waals surface area contributed by atoms with Crippen LogP contribution in [0.1, 0.15) is 30.9 Å². The lowest BCUT2D eigenvalue weighted by Crippen LogP contribution is -1.88. The van der Waals surface area contributed by atoms with Crippen LogP contribution < -0.4 is 0 Å². The monoisotopic (exact) mass is 336 g/mol. The quantitative estimate of drug-likeness (QED) is 0.645. The molecular formula is C16H17I. The second-order valence-electron chi connectivity index (χ2n) is 4.74. The van der Waals surface area contributed by atoms with Crippen LogP contribution in [-0.2, 0) is 0 Å². The van der Waals surface area contributed by atoms with Crippen molar-refractivity contribution in [2.75, 3.05) is 0 Å². The van der Waals surface area contributed by atoms with E-state index in [0.29, 0.717) is 5.92 Å². The summed E-state index contributed by atoms with van der Waals surface area (Å²) in [6, 6.07) is 15.5. The maximum Gasteiger partial charge on any atom is 0.0136 e. The van der Waals surface area contributed by atoms with Gasteiger partial charge in [-0.1, -0.05) is 44.2 Å². The fourth-order valence-corrected chi connectivity index (χ4v) is 2.44. The van der Waals surface area contributed by atoms with Crippen LogP contribution in [-0.4, -0.2) is 0 Å². The topological polar surface area (TPSA) is 0 Å². The van der Waals surface area contributed by atoms with E-state index in [1.807, 2.05) is 0 Å². The summed E-state index contributed by atoms with van der Waals surface area (Å²) < 4.78 is 1.29. The predicted molar refractivity (Wildman–Crippen MR) is 83.4 cm³/mol. The Kier molecular flexibility index (Phi) is 3.87. The van der Waals surface area contributed by atoms with Crippen molar-refractivity contribution in [1.29, 1.82) is 0 Å². The Labute approximate surface area is 117 Å². The number of aryl methyl sites for hydroxylation is 1. The highest BCUT2D eigenvalue weighted by atomic mass is 127. The largest absolute Gasteiger partial charge is 0.0587 e. The molecule has 0 unspecified atom stereocenters. The van der Waals surface area contributed by atoms with Crippen molar-refractivity contribution in [1.82, 2.24) is 0 Å². The number of halogens is 1. The average molecular weight is 336 g/mol. The molecule has 0 saturated heterocycles. The molecule has 0 fully saturated rings. The van der Waals surface area contributed by atoms with Gasteiger partial charge < -0.3 is 0 Å². The fraction of sp³-hybridized carbons (Fsp3) is 0.250. The zero-order chi connectivity index (χ0) is 12.4. The summed E-state index contributed by atoms with van der Waals surface area (Å²) in [4.78, 5) is 0. The summed E-state index contributed by atoms with van der Waals surface area (Å²) in [6.07, 6.45) is 0. The van der Waals surface area contributed by atoms with Gasteiger partial charge in [-0.3, -0.25) is 0 Å². The molecule has 1 heteroatoms. The minimum absolute atomic E-state index is 0.598. The van der Waals surface area contributed by atoms with E-state index >= 15 is 0 Å². The van der Waals surface area contributed by atoms with E-state index in [1.54, 1.807) is 0 Å². The van der Waals surface area contributed by atoms with Gasteiger partial charge in [0.15, 0.2) is 0 Å². The minimum atomic E-state index is 0.598. The van der Waals surface area contributed by atoms with E-state index in [4.69, 9.17) is 0 Å². The fourth-order valence-electron chi connectivity index (χ4n) is 1.95. The molecule has 88 valence electrons. The molecule has 0 atom stereocenters. The Morgan fingerprint density at radius 3 is 2.18 bits per heavy atom. The molecule has 2 rings (SSSR count). The van der Waals surface area contributed by atoms with Gasteiger partial charge >= 0.3 is 0 Å². The van der Waals surface area contributed by atoms with Crippen LogP contribution in [0, 0.1) is 10.5 Å². The van der Waals surface area contributed by atoms with Gasteiger partial charge in [0.25, 0.3) is 0 Å². The van der Waals surface area contributed by atoms with Crippen LogP contribution in [0.5, 0.6) is 0 Å². The summed E-state index contributed by atoms with van der Waals surface area (Å²) >= 11 is 2.37. The summed E-state index contributed by atoms with van der Waals surface area (Å²) in [5, 5.41) is 0. The summed E-state index contributed by atoms with van der Waals surface area (Å²) in [5.41, 5.74) is 5.39. The summed E-state index contributed by atoms with van der Waals surface area (Å²) in [7, 11) is 0. The second kappa shape index (κ2) is 5.21. The molecule has 2 aromatic carbocycles. The Hall–Kier alpha value is -0.830. The van der Waals surface area contributed by atoms with Crippen LogP contribution >= 0.6 is 22.6 Å². The van der Waals surface area contributed by atoms with Gasteiger partial charge in [0.05, 0.1) is 0 Å². The molecule has 0 saturated carbocycles. The molecule has 17 heavy (non-hydrogen) atoms. The van der Waals surface area contributed by atoms with Crippen molar-refractivity contribution < 1.29 is 0 Å². The van der Waals surface area contributed by atoms with Crippen molar-refractivity contribution in [3.05, 3.63) is 57.2 Å². The van der Waals surface area contributed by atoms with Gasteiger partial charge in [-0.2, -0.15) is 0 Å². The molecule has 0 aliphatic carbocycles. The first-order chi connectivity index (χ1) is 8.08. The predicted octanol–water partition coefficient (Wildman–Crippen LogP) is 5.39. The van der Waals surface area contributed by atoms with Gasteiger partial charge in [-0.05, 0) is 69.8 Å². The molecule has 0 radical (unpaired) electrons. The van der Waals surface area contributed by atoms with Gasteiger partial charge in [0, 0.05) is 3.57 Å². The van der Waals surface area contributed by atoms with Crippen LogP contribution in [0.4, 0.5) is 0 Å². The molecule has 0 aromatic heterocycles. The lowest BCUT2D eigenvalue weighted by atomic mass is 9.97. The third-order valence-corrected chi connectivity index (χ3v) is 3.76. The van der Waals surface area contributed by atoms with Crippen molar-refractivity contribution in [3.8, 4) is 11.1 Å². The Morgan fingerprint density at radius 2 is 1.59 bits per heavy atom. The third-order valence-electron chi connectivity index (χ3n) is 3.09. The molecule has 0 aliphatic rings. The van der Waals surface area contributed by atoms with Crippen LogP contribution in [0.15, 0.2) is 42.5 Å². The first kappa shape index (κ1) is 12.6. The smallest absolute Gasteiger partial charge is 0.0136 e. The van der Waals surface area contributed by atoms with E-state index < -0.39 is 0 Å². The van der Waals surface area contributed by atoms with Crippen molar-refractivity contribution in [3.63, 3.8) is 0 Å². The highest BCUT2D eigenvalue weighted by Gasteiger charge is 2.04. The van der Waals surface area contributed by atoms with Gasteiger partial charge in [0.2, 0.25) is 0 Å². The van der Waals surface area contributed by atoms with Gasteiger partial charge in [-0.25, -0.2) is 0 Å². The highest BCUT2D eigenvalue weighted by molar-refractivity contribution is 14.1. The van der Waals surface area contributed by atoms with Gasteiger partial charge in [-0.15, -0.1) is 0 Å². The molecule has 0 amide bonds. The first-order valence-electron chi connectivity index (χ1n) is 5.94. The first-order valence-corrected chi connectivity index (χ1v) is 7.02. The summed E-state index contributed by atoms with van der Waals surface area (Å²) in [6.45, 7) is 6.62. The van der Waals surface area contributed by atoms with E-state index in [0.717, 1.165) is 0 Å².